The van der Waals surface area contributed by atoms with Crippen molar-refractivity contribution in [3.63, 3.8) is 0 Å². The number of aliphatic hydroxyl groups is 1. The quantitative estimate of drug-likeness (QED) is 0.609. The molecule has 1 aromatic rings. The number of nitrogens with one attached hydrogen (secondary N) is 1. The molecule has 0 saturated carbocycles. The number of carbonyl (C=O) groups excluding carboxylic acids is 1. The molecule has 0 aliphatic heterocycles. The summed E-state index contributed by atoms with van der Waals surface area (Å²) >= 11 is 0. The van der Waals surface area contributed by atoms with Gasteiger partial charge in [0.05, 0.1) is 0 Å². The van der Waals surface area contributed by atoms with Gasteiger partial charge in [-0.05, 0) is 0 Å². The Morgan fingerprint density at radius 2 is 2.00 bits per heavy atom. The van der Waals surface area contributed by atoms with Crippen molar-refractivity contribution in [3.8, 4) is 5.75 Å². The van der Waals surface area contributed by atoms with Crippen LogP contribution in [0.15, 0.2) is 24.3 Å². The molecular weight excluding hydrogens is 297 g/mol. The SMILES string of the molecule is COc1ccc(CO[C@H](CC(O)CC(C)=O)[C@@H](C)OB=N)cc1. The van der Waals surface area contributed by atoms with Gasteiger partial charge >= 0.3 is 137 Å². The average Bonchev–Trinajstić information content (AvgIpc) is 2.51. The second-order valence-electron chi connectivity index (χ2n) is 5.45. The van der Waals surface area contributed by atoms with Gasteiger partial charge in [0.1, 0.15) is 0 Å². The van der Waals surface area contributed by atoms with Crippen LogP contribution in [-0.4, -0.2) is 43.6 Å². The van der Waals surface area contributed by atoms with Crippen LogP contribution >= 0.6 is 0 Å². The van der Waals surface area contributed by atoms with Gasteiger partial charge in [0, 0.05) is 0 Å². The zero-order valence-electron chi connectivity index (χ0n) is 13.8. The van der Waals surface area contributed by atoms with Crippen molar-refractivity contribution in [1.82, 2.24) is 0 Å². The number of hydrogen-bond donors (Lipinski definition) is 2. The summed E-state index contributed by atoms with van der Waals surface area (Å²) in [6, 6.07) is 7.47. The maximum atomic E-state index is 11.1. The van der Waals surface area contributed by atoms with E-state index in [2.05, 4.69) is 0 Å². The van der Waals surface area contributed by atoms with E-state index in [0.717, 1.165) is 18.6 Å². The molecule has 0 radical (unpaired) electrons. The average molecular weight is 321 g/mol. The molecule has 0 aliphatic carbocycles. The Kier molecular flexibility index (Phi) is 8.51. The summed E-state index contributed by atoms with van der Waals surface area (Å²) in [6.45, 7) is 3.55. The second kappa shape index (κ2) is 10.1. The molecule has 1 unspecified atom stereocenters. The first-order valence-electron chi connectivity index (χ1n) is 7.52. The van der Waals surface area contributed by atoms with Crippen LogP contribution in [0, 0.1) is 5.31 Å². The fourth-order valence-corrected chi connectivity index (χ4v) is 2.20. The van der Waals surface area contributed by atoms with Crippen LogP contribution in [0.5, 0.6) is 5.75 Å². The summed E-state index contributed by atoms with van der Waals surface area (Å²) in [4.78, 5) is 11.1. The van der Waals surface area contributed by atoms with Crippen molar-refractivity contribution in [3.05, 3.63) is 29.8 Å². The predicted molar refractivity (Wildman–Crippen MR) is 86.5 cm³/mol. The molecule has 23 heavy (non-hydrogen) atoms. The molecule has 2 N–H and O–H groups in total. The molecule has 7 heteroatoms. The molecule has 126 valence electrons. The molecule has 0 saturated heterocycles. The summed E-state index contributed by atoms with van der Waals surface area (Å²) in [7, 11) is 2.46. The monoisotopic (exact) mass is 321 g/mol. The van der Waals surface area contributed by atoms with Crippen LogP contribution in [-0.2, 0) is 20.8 Å². The van der Waals surface area contributed by atoms with Crippen LogP contribution < -0.4 is 4.74 Å². The third-order valence-corrected chi connectivity index (χ3v) is 3.46. The zero-order valence-corrected chi connectivity index (χ0v) is 13.8. The van der Waals surface area contributed by atoms with E-state index in [4.69, 9.17) is 19.4 Å². The van der Waals surface area contributed by atoms with Crippen molar-refractivity contribution in [2.45, 2.75) is 51.6 Å². The van der Waals surface area contributed by atoms with Crippen molar-refractivity contribution in [2.75, 3.05) is 7.11 Å². The predicted octanol–water partition coefficient (Wildman–Crippen LogP) is 2.10. The molecule has 1 aromatic carbocycles. The van der Waals surface area contributed by atoms with E-state index in [-0.39, 0.29) is 18.6 Å². The fraction of sp³-hybridized carbons (Fsp3) is 0.562. The van der Waals surface area contributed by atoms with Gasteiger partial charge < -0.3 is 0 Å². The van der Waals surface area contributed by atoms with E-state index in [1.165, 1.54) is 6.92 Å². The number of ketones is 1. The van der Waals surface area contributed by atoms with Gasteiger partial charge in [-0.2, -0.15) is 0 Å². The Morgan fingerprint density at radius 1 is 1.35 bits per heavy atom. The molecule has 0 fully saturated rings. The first kappa shape index (κ1) is 19.3. The molecule has 3 atom stereocenters. The van der Waals surface area contributed by atoms with E-state index >= 15 is 0 Å². The molecule has 0 bridgehead atoms. The Morgan fingerprint density at radius 3 is 2.52 bits per heavy atom. The van der Waals surface area contributed by atoms with Crippen LogP contribution in [0.1, 0.15) is 32.3 Å². The summed E-state index contributed by atoms with van der Waals surface area (Å²) in [5.74, 6) is 0.690. The number of carbonyl (C=O) groups is 1. The van der Waals surface area contributed by atoms with Gasteiger partial charge in [-0.25, -0.2) is 0 Å². The van der Waals surface area contributed by atoms with Crippen LogP contribution in [0.4, 0.5) is 0 Å². The second-order valence-corrected chi connectivity index (χ2v) is 5.45. The first-order chi connectivity index (χ1) is 11.0. The fourth-order valence-electron chi connectivity index (χ4n) is 2.20. The van der Waals surface area contributed by atoms with Crippen molar-refractivity contribution in [1.29, 1.82) is 5.31 Å². The maximum absolute atomic E-state index is 11.1. The molecule has 0 amide bonds. The number of hydrogen-bond acceptors (Lipinski definition) is 6. The third-order valence-electron chi connectivity index (χ3n) is 3.46. The molecular formula is C16H24BNO5. The number of benzene rings is 1. The number of aliphatic hydroxyl groups excluding tert-OH is 1. The normalized spacial score (nSPS) is 14.4. The van der Waals surface area contributed by atoms with Crippen LogP contribution in [0.3, 0.4) is 0 Å². The number of methoxy groups -OCH3 is 1. The Labute approximate surface area is 137 Å². The van der Waals surface area contributed by atoms with Crippen LogP contribution in [0.2, 0.25) is 0 Å². The van der Waals surface area contributed by atoms with E-state index < -0.39 is 18.3 Å². The van der Waals surface area contributed by atoms with Gasteiger partial charge in [0.15, 0.2) is 0 Å². The molecule has 0 spiro atoms. The van der Waals surface area contributed by atoms with Crippen molar-refractivity contribution < 1.29 is 24.0 Å². The topological polar surface area (TPSA) is 88.8 Å². The minimum atomic E-state index is -0.787. The number of ether oxygens (including phenoxy) is 2. The Hall–Kier alpha value is -1.73. The molecule has 0 heterocycles. The van der Waals surface area contributed by atoms with Gasteiger partial charge in [0.2, 0.25) is 0 Å². The van der Waals surface area contributed by atoms with Gasteiger partial charge in [-0.15, -0.1) is 0 Å². The standard InChI is InChI=1S/C16H24BNO5/c1-11(19)8-14(20)9-16(12(2)23-17-18)22-10-13-4-6-15(21-3)7-5-13/h4-7,12,14,16,18,20H,8-10H2,1-3H3/t12-,14?,16-/m1/s1. The molecule has 0 aliphatic rings. The number of rotatable bonds is 11. The van der Waals surface area contributed by atoms with E-state index in [1.807, 2.05) is 24.3 Å². The summed E-state index contributed by atoms with van der Waals surface area (Å²) in [5.41, 5.74) is 0.957. The zero-order chi connectivity index (χ0) is 17.2. The molecule has 6 nitrogen and oxygen atoms in total. The minimum absolute atomic E-state index is 0.0768. The Bertz CT molecular complexity index is 494. The van der Waals surface area contributed by atoms with Crippen molar-refractivity contribution in [2.24, 2.45) is 0 Å². The van der Waals surface area contributed by atoms with Gasteiger partial charge in [-0.1, -0.05) is 0 Å². The first-order valence-corrected chi connectivity index (χ1v) is 7.52. The Balaban J connectivity index is 2.63. The summed E-state index contributed by atoms with van der Waals surface area (Å²) in [5, 5.41) is 17.0. The van der Waals surface area contributed by atoms with E-state index in [1.54, 1.807) is 14.0 Å². The molecule has 1 rings (SSSR count). The van der Waals surface area contributed by atoms with E-state index in [9.17, 15) is 9.90 Å². The number of Topliss-reactive ketones (excluding diaryl/α,β-unsaturated/α-hetero) is 1. The van der Waals surface area contributed by atoms with Crippen molar-refractivity contribution >= 4 is 13.1 Å². The third kappa shape index (κ3) is 7.39. The van der Waals surface area contributed by atoms with Gasteiger partial charge in [0.25, 0.3) is 0 Å². The summed E-state index contributed by atoms with van der Waals surface area (Å²) < 4.78 is 16.1. The summed E-state index contributed by atoms with van der Waals surface area (Å²) in [6.07, 6.45) is -1.25. The van der Waals surface area contributed by atoms with E-state index in [0.29, 0.717) is 6.61 Å². The molecule has 0 aromatic heterocycles. The van der Waals surface area contributed by atoms with Gasteiger partial charge in [-0.3, -0.25) is 0 Å². The van der Waals surface area contributed by atoms with Crippen LogP contribution in [0.25, 0.3) is 0 Å².